The lowest BCUT2D eigenvalue weighted by molar-refractivity contribution is 0.0955. The first-order valence-electron chi connectivity index (χ1n) is 7.14. The van der Waals surface area contributed by atoms with Crippen molar-refractivity contribution in [1.29, 1.82) is 0 Å². The number of pyridine rings is 1. The summed E-state index contributed by atoms with van der Waals surface area (Å²) in [5, 5.41) is 3.55. The molecule has 0 fully saturated rings. The second kappa shape index (κ2) is 5.26. The molecule has 2 heterocycles. The SMILES string of the molecule is CCNC(=O)c1cc2c(=O)c3cc(C)ccc3oc2nc1C. The van der Waals surface area contributed by atoms with Gasteiger partial charge in [0.25, 0.3) is 5.91 Å². The molecule has 0 atom stereocenters. The van der Waals surface area contributed by atoms with Gasteiger partial charge in [-0.05, 0) is 39.0 Å². The molecule has 3 rings (SSSR count). The van der Waals surface area contributed by atoms with Crippen molar-refractivity contribution in [2.75, 3.05) is 6.54 Å². The van der Waals surface area contributed by atoms with Gasteiger partial charge in [-0.25, -0.2) is 4.98 Å². The van der Waals surface area contributed by atoms with Crippen LogP contribution in [-0.4, -0.2) is 17.4 Å². The highest BCUT2D eigenvalue weighted by Gasteiger charge is 2.15. The number of aryl methyl sites for hydroxylation is 2. The summed E-state index contributed by atoms with van der Waals surface area (Å²) in [6.45, 7) is 5.99. The normalized spacial score (nSPS) is 11.0. The van der Waals surface area contributed by atoms with Gasteiger partial charge in [0.15, 0.2) is 0 Å². The summed E-state index contributed by atoms with van der Waals surface area (Å²) in [4.78, 5) is 29.0. The molecule has 0 aliphatic heterocycles. The molecule has 1 aromatic carbocycles. The second-order valence-corrected chi connectivity index (χ2v) is 5.26. The van der Waals surface area contributed by atoms with E-state index in [-0.39, 0.29) is 17.0 Å². The Morgan fingerprint density at radius 1 is 1.23 bits per heavy atom. The standard InChI is InChI=1S/C17H16N2O3/c1-4-18-16(21)11-8-13-15(20)12-7-9(2)5-6-14(12)22-17(13)19-10(11)3/h5-8H,4H2,1-3H3,(H,18,21). The maximum atomic E-state index is 12.7. The molecule has 0 saturated carbocycles. The number of benzene rings is 1. The van der Waals surface area contributed by atoms with Crippen molar-refractivity contribution < 1.29 is 9.21 Å². The summed E-state index contributed by atoms with van der Waals surface area (Å²) >= 11 is 0. The van der Waals surface area contributed by atoms with E-state index in [1.165, 1.54) is 0 Å². The van der Waals surface area contributed by atoms with Crippen LogP contribution in [0.3, 0.4) is 0 Å². The van der Waals surface area contributed by atoms with Gasteiger partial charge in [0.2, 0.25) is 11.1 Å². The molecule has 0 saturated heterocycles. The number of rotatable bonds is 2. The summed E-state index contributed by atoms with van der Waals surface area (Å²) in [6.07, 6.45) is 0. The number of hydrogen-bond acceptors (Lipinski definition) is 4. The maximum Gasteiger partial charge on any atom is 0.253 e. The van der Waals surface area contributed by atoms with E-state index in [0.29, 0.717) is 34.2 Å². The smallest absolute Gasteiger partial charge is 0.253 e. The Hall–Kier alpha value is -2.69. The van der Waals surface area contributed by atoms with Crippen molar-refractivity contribution in [3.8, 4) is 0 Å². The third-order valence-electron chi connectivity index (χ3n) is 3.59. The maximum absolute atomic E-state index is 12.7. The molecule has 112 valence electrons. The molecule has 0 unspecified atom stereocenters. The zero-order valence-corrected chi connectivity index (χ0v) is 12.7. The Balaban J connectivity index is 2.35. The number of nitrogens with zero attached hydrogens (tertiary/aromatic N) is 1. The molecule has 2 aromatic heterocycles. The number of amides is 1. The minimum atomic E-state index is -0.238. The number of carbonyl (C=O) groups is 1. The lowest BCUT2D eigenvalue weighted by Gasteiger charge is -2.07. The number of hydrogen-bond donors (Lipinski definition) is 1. The summed E-state index contributed by atoms with van der Waals surface area (Å²) in [6, 6.07) is 7.00. The third kappa shape index (κ3) is 2.24. The summed E-state index contributed by atoms with van der Waals surface area (Å²) < 4.78 is 5.71. The van der Waals surface area contributed by atoms with Gasteiger partial charge in [0, 0.05) is 6.54 Å². The molecule has 22 heavy (non-hydrogen) atoms. The molecule has 0 aliphatic carbocycles. The third-order valence-corrected chi connectivity index (χ3v) is 3.59. The molecule has 1 amide bonds. The van der Waals surface area contributed by atoms with Crippen molar-refractivity contribution in [2.45, 2.75) is 20.8 Å². The van der Waals surface area contributed by atoms with Crippen LogP contribution in [-0.2, 0) is 0 Å². The van der Waals surface area contributed by atoms with Crippen LogP contribution in [0.4, 0.5) is 0 Å². The van der Waals surface area contributed by atoms with Gasteiger partial charge in [0.05, 0.1) is 22.0 Å². The molecule has 3 aromatic rings. The fraction of sp³-hybridized carbons (Fsp3) is 0.235. The van der Waals surface area contributed by atoms with Crippen molar-refractivity contribution in [1.82, 2.24) is 10.3 Å². The first-order valence-corrected chi connectivity index (χ1v) is 7.14. The van der Waals surface area contributed by atoms with Gasteiger partial charge in [-0.3, -0.25) is 9.59 Å². The van der Waals surface area contributed by atoms with E-state index >= 15 is 0 Å². The lowest BCUT2D eigenvalue weighted by Crippen LogP contribution is -2.24. The predicted octanol–water partition coefficient (Wildman–Crippen LogP) is 2.71. The quantitative estimate of drug-likeness (QED) is 0.738. The number of fused-ring (bicyclic) bond motifs is 2. The average molecular weight is 296 g/mol. The van der Waals surface area contributed by atoms with Gasteiger partial charge >= 0.3 is 0 Å². The van der Waals surface area contributed by atoms with E-state index in [1.54, 1.807) is 25.1 Å². The number of carbonyl (C=O) groups excluding carboxylic acids is 1. The summed E-state index contributed by atoms with van der Waals surface area (Å²) in [5.74, 6) is -0.238. The Labute approximate surface area is 127 Å². The van der Waals surface area contributed by atoms with E-state index in [4.69, 9.17) is 4.42 Å². The molecule has 0 radical (unpaired) electrons. The first kappa shape index (κ1) is 14.3. The highest BCUT2D eigenvalue weighted by molar-refractivity contribution is 5.99. The zero-order chi connectivity index (χ0) is 15.9. The summed E-state index contributed by atoms with van der Waals surface area (Å²) in [5.41, 5.74) is 2.50. The van der Waals surface area contributed by atoms with E-state index in [2.05, 4.69) is 10.3 Å². The van der Waals surface area contributed by atoms with Crippen LogP contribution in [0, 0.1) is 13.8 Å². The molecule has 5 nitrogen and oxygen atoms in total. The summed E-state index contributed by atoms with van der Waals surface area (Å²) in [7, 11) is 0. The van der Waals surface area contributed by atoms with Crippen LogP contribution in [0.1, 0.15) is 28.5 Å². The van der Waals surface area contributed by atoms with Gasteiger partial charge in [-0.1, -0.05) is 11.6 Å². The predicted molar refractivity (Wildman–Crippen MR) is 85.3 cm³/mol. The molecular weight excluding hydrogens is 280 g/mol. The molecule has 5 heteroatoms. The minimum absolute atomic E-state index is 0.169. The van der Waals surface area contributed by atoms with Crippen LogP contribution in [0.5, 0.6) is 0 Å². The van der Waals surface area contributed by atoms with Crippen LogP contribution in [0.2, 0.25) is 0 Å². The second-order valence-electron chi connectivity index (χ2n) is 5.26. The van der Waals surface area contributed by atoms with Crippen molar-refractivity contribution >= 4 is 28.0 Å². The minimum Gasteiger partial charge on any atom is -0.437 e. The highest BCUT2D eigenvalue weighted by Crippen LogP contribution is 2.20. The Morgan fingerprint density at radius 2 is 2.00 bits per heavy atom. The zero-order valence-electron chi connectivity index (χ0n) is 12.7. The monoisotopic (exact) mass is 296 g/mol. The van der Waals surface area contributed by atoms with Crippen molar-refractivity contribution in [3.05, 3.63) is 51.3 Å². The van der Waals surface area contributed by atoms with E-state index in [0.717, 1.165) is 5.56 Å². The Kier molecular flexibility index (Phi) is 3.41. The molecular formula is C17H16N2O3. The molecule has 0 bridgehead atoms. The van der Waals surface area contributed by atoms with Gasteiger partial charge < -0.3 is 9.73 Å². The van der Waals surface area contributed by atoms with Crippen LogP contribution in [0.15, 0.2) is 33.5 Å². The van der Waals surface area contributed by atoms with Gasteiger partial charge in [-0.15, -0.1) is 0 Å². The first-order chi connectivity index (χ1) is 10.5. The Bertz CT molecular complexity index is 957. The molecule has 1 N–H and O–H groups in total. The Morgan fingerprint density at radius 3 is 2.73 bits per heavy atom. The molecule has 0 aliphatic rings. The van der Waals surface area contributed by atoms with E-state index in [9.17, 15) is 9.59 Å². The average Bonchev–Trinajstić information content (AvgIpc) is 2.48. The lowest BCUT2D eigenvalue weighted by atomic mass is 10.1. The number of nitrogens with one attached hydrogen (secondary N) is 1. The number of aromatic nitrogens is 1. The van der Waals surface area contributed by atoms with Crippen LogP contribution >= 0.6 is 0 Å². The largest absolute Gasteiger partial charge is 0.437 e. The van der Waals surface area contributed by atoms with Gasteiger partial charge in [-0.2, -0.15) is 0 Å². The van der Waals surface area contributed by atoms with Crippen molar-refractivity contribution in [2.24, 2.45) is 0 Å². The fourth-order valence-corrected chi connectivity index (χ4v) is 2.47. The van der Waals surface area contributed by atoms with E-state index in [1.807, 2.05) is 19.9 Å². The topological polar surface area (TPSA) is 72.2 Å². The van der Waals surface area contributed by atoms with Crippen LogP contribution in [0.25, 0.3) is 22.1 Å². The van der Waals surface area contributed by atoms with Gasteiger partial charge in [0.1, 0.15) is 5.58 Å². The molecule has 0 spiro atoms. The van der Waals surface area contributed by atoms with E-state index < -0.39 is 0 Å². The van der Waals surface area contributed by atoms with Crippen molar-refractivity contribution in [3.63, 3.8) is 0 Å². The van der Waals surface area contributed by atoms with Crippen LogP contribution < -0.4 is 10.7 Å². The fourth-order valence-electron chi connectivity index (χ4n) is 2.47. The highest BCUT2D eigenvalue weighted by atomic mass is 16.3.